The van der Waals surface area contributed by atoms with Crippen LogP contribution in [-0.4, -0.2) is 11.9 Å². The van der Waals surface area contributed by atoms with Crippen molar-refractivity contribution in [2.24, 2.45) is 0 Å². The summed E-state index contributed by atoms with van der Waals surface area (Å²) in [5.41, 5.74) is 5.17. The first-order valence-electron chi connectivity index (χ1n) is 8.24. The first-order valence-corrected chi connectivity index (χ1v) is 9.06. The molecule has 1 aliphatic heterocycles. The molecule has 2 heterocycles. The number of rotatable bonds is 2. The lowest BCUT2D eigenvalue weighted by Gasteiger charge is -2.29. The summed E-state index contributed by atoms with van der Waals surface area (Å²) in [4.78, 5) is 2.26. The zero-order valence-corrected chi connectivity index (χ0v) is 15.2. The predicted molar refractivity (Wildman–Crippen MR) is 108 cm³/mol. The molecule has 0 radical (unpaired) electrons. The molecule has 1 nitrogen and oxygen atoms in total. The number of allylic oxidation sites excluding steroid dienone is 2. The summed E-state index contributed by atoms with van der Waals surface area (Å²) in [6.07, 6.45) is 8.63. The van der Waals surface area contributed by atoms with Crippen LogP contribution < -0.4 is 0 Å². The van der Waals surface area contributed by atoms with Crippen molar-refractivity contribution in [3.63, 3.8) is 0 Å². The summed E-state index contributed by atoms with van der Waals surface area (Å²) < 4.78 is 2.70. The van der Waals surface area contributed by atoms with Crippen molar-refractivity contribution in [3.05, 3.63) is 77.5 Å². The van der Waals surface area contributed by atoms with Gasteiger partial charge in [-0.3, -0.25) is 0 Å². The maximum absolute atomic E-state index is 4.05. The SMILES string of the molecule is C=Cc1cc2sc3cc(C)ccc3c2cc1C1C=C(C)C=CN1C. The second-order valence-corrected chi connectivity index (χ2v) is 7.70. The maximum Gasteiger partial charge on any atom is 0.0729 e. The molecule has 1 aromatic heterocycles. The van der Waals surface area contributed by atoms with Gasteiger partial charge in [0.25, 0.3) is 0 Å². The molecule has 1 unspecified atom stereocenters. The Bertz CT molecular complexity index is 1020. The van der Waals surface area contributed by atoms with Crippen LogP contribution >= 0.6 is 11.3 Å². The van der Waals surface area contributed by atoms with Crippen molar-refractivity contribution in [2.45, 2.75) is 19.9 Å². The molecule has 2 aromatic carbocycles. The van der Waals surface area contributed by atoms with Crippen LogP contribution in [0.1, 0.15) is 29.7 Å². The molecule has 120 valence electrons. The summed E-state index contributed by atoms with van der Waals surface area (Å²) in [6, 6.07) is 11.7. The number of likely N-dealkylation sites (N-methyl/N-ethyl adjacent to an activating group) is 1. The fourth-order valence-electron chi connectivity index (χ4n) is 3.45. The molecule has 0 spiro atoms. The fraction of sp³-hybridized carbons (Fsp3) is 0.182. The van der Waals surface area contributed by atoms with E-state index in [1.54, 1.807) is 0 Å². The molecule has 2 heteroatoms. The van der Waals surface area contributed by atoms with Crippen molar-refractivity contribution >= 4 is 37.6 Å². The smallest absolute Gasteiger partial charge is 0.0729 e. The number of nitrogens with zero attached hydrogens (tertiary/aromatic N) is 1. The summed E-state index contributed by atoms with van der Waals surface area (Å²) >= 11 is 1.87. The highest BCUT2D eigenvalue weighted by molar-refractivity contribution is 7.25. The molecular weight excluding hydrogens is 310 g/mol. The van der Waals surface area contributed by atoms with E-state index < -0.39 is 0 Å². The van der Waals surface area contributed by atoms with Gasteiger partial charge in [0.15, 0.2) is 0 Å². The second kappa shape index (κ2) is 5.64. The quantitative estimate of drug-likeness (QED) is 0.521. The minimum atomic E-state index is 0.257. The fourth-order valence-corrected chi connectivity index (χ4v) is 4.69. The van der Waals surface area contributed by atoms with Crippen molar-refractivity contribution in [2.75, 3.05) is 7.05 Å². The molecule has 1 atom stereocenters. The van der Waals surface area contributed by atoms with E-state index in [0.29, 0.717) is 0 Å². The lowest BCUT2D eigenvalue weighted by atomic mass is 9.94. The van der Waals surface area contributed by atoms with Crippen LogP contribution in [-0.2, 0) is 0 Å². The largest absolute Gasteiger partial charge is 0.370 e. The van der Waals surface area contributed by atoms with Gasteiger partial charge in [0.2, 0.25) is 0 Å². The topological polar surface area (TPSA) is 3.24 Å². The van der Waals surface area contributed by atoms with Gasteiger partial charge < -0.3 is 4.90 Å². The van der Waals surface area contributed by atoms with Crippen LogP contribution in [0.4, 0.5) is 0 Å². The van der Waals surface area contributed by atoms with E-state index in [-0.39, 0.29) is 6.04 Å². The van der Waals surface area contributed by atoms with E-state index in [1.807, 2.05) is 17.4 Å². The van der Waals surface area contributed by atoms with E-state index in [1.165, 1.54) is 42.4 Å². The van der Waals surface area contributed by atoms with E-state index in [4.69, 9.17) is 0 Å². The molecule has 0 amide bonds. The van der Waals surface area contributed by atoms with Gasteiger partial charge in [-0.15, -0.1) is 11.3 Å². The second-order valence-electron chi connectivity index (χ2n) is 6.62. The third-order valence-electron chi connectivity index (χ3n) is 4.80. The van der Waals surface area contributed by atoms with E-state index in [0.717, 1.165) is 0 Å². The number of benzene rings is 2. The number of hydrogen-bond donors (Lipinski definition) is 0. The number of fused-ring (bicyclic) bond motifs is 3. The van der Waals surface area contributed by atoms with Crippen molar-refractivity contribution in [3.8, 4) is 0 Å². The number of aryl methyl sites for hydroxylation is 1. The van der Waals surface area contributed by atoms with Crippen LogP contribution in [0.3, 0.4) is 0 Å². The van der Waals surface area contributed by atoms with Gasteiger partial charge in [0.05, 0.1) is 6.04 Å². The molecule has 0 saturated carbocycles. The van der Waals surface area contributed by atoms with Gasteiger partial charge in [-0.2, -0.15) is 0 Å². The van der Waals surface area contributed by atoms with Gasteiger partial charge in [0, 0.05) is 27.2 Å². The standard InChI is InChI=1S/C22H21NS/c1-5-16-12-22-19(17-7-6-14(2)11-21(17)24-22)13-18(16)20-10-15(3)8-9-23(20)4/h5-13,20H,1H2,2-4H3. The summed E-state index contributed by atoms with van der Waals surface area (Å²) in [6.45, 7) is 8.36. The highest BCUT2D eigenvalue weighted by Crippen LogP contribution is 2.39. The molecule has 0 saturated heterocycles. The summed E-state index contributed by atoms with van der Waals surface area (Å²) in [5, 5.41) is 2.71. The molecule has 1 aliphatic rings. The van der Waals surface area contributed by atoms with Gasteiger partial charge in [-0.25, -0.2) is 0 Å². The zero-order chi connectivity index (χ0) is 16.8. The molecule has 0 bridgehead atoms. The van der Waals surface area contributed by atoms with E-state index in [2.05, 4.69) is 81.1 Å². The minimum absolute atomic E-state index is 0.257. The molecule has 24 heavy (non-hydrogen) atoms. The first kappa shape index (κ1) is 15.2. The average molecular weight is 331 g/mol. The van der Waals surface area contributed by atoms with Gasteiger partial charge >= 0.3 is 0 Å². The molecule has 3 aromatic rings. The molecule has 0 N–H and O–H groups in total. The highest BCUT2D eigenvalue weighted by Gasteiger charge is 2.19. The summed E-state index contributed by atoms with van der Waals surface area (Å²) in [7, 11) is 2.14. The van der Waals surface area contributed by atoms with E-state index in [9.17, 15) is 0 Å². The Kier molecular flexibility index (Phi) is 3.58. The third kappa shape index (κ3) is 2.38. The summed E-state index contributed by atoms with van der Waals surface area (Å²) in [5.74, 6) is 0. The molecule has 0 fully saturated rings. The number of hydrogen-bond acceptors (Lipinski definition) is 2. The van der Waals surface area contributed by atoms with Gasteiger partial charge in [-0.05, 0) is 61.0 Å². The average Bonchev–Trinajstić information content (AvgIpc) is 2.92. The van der Waals surface area contributed by atoms with Crippen LogP contribution in [0, 0.1) is 6.92 Å². The van der Waals surface area contributed by atoms with Crippen molar-refractivity contribution in [1.29, 1.82) is 0 Å². The van der Waals surface area contributed by atoms with Crippen LogP contribution in [0.15, 0.2) is 60.8 Å². The van der Waals surface area contributed by atoms with Crippen LogP contribution in [0.25, 0.3) is 26.2 Å². The van der Waals surface area contributed by atoms with E-state index >= 15 is 0 Å². The van der Waals surface area contributed by atoms with Crippen molar-refractivity contribution < 1.29 is 0 Å². The van der Waals surface area contributed by atoms with Gasteiger partial charge in [-0.1, -0.05) is 36.4 Å². The first-order chi connectivity index (χ1) is 11.6. The Morgan fingerprint density at radius 2 is 1.88 bits per heavy atom. The van der Waals surface area contributed by atoms with Crippen LogP contribution in [0.5, 0.6) is 0 Å². The zero-order valence-electron chi connectivity index (χ0n) is 14.3. The Morgan fingerprint density at radius 1 is 1.08 bits per heavy atom. The van der Waals surface area contributed by atoms with Crippen molar-refractivity contribution in [1.82, 2.24) is 4.90 Å². The molecular formula is C22H21NS. The lowest BCUT2D eigenvalue weighted by Crippen LogP contribution is -2.20. The Labute approximate surface area is 147 Å². The molecule has 4 rings (SSSR count). The number of thiophene rings is 1. The Morgan fingerprint density at radius 3 is 2.67 bits per heavy atom. The maximum atomic E-state index is 4.05. The highest BCUT2D eigenvalue weighted by atomic mass is 32.1. The monoisotopic (exact) mass is 331 g/mol. The molecule has 0 aliphatic carbocycles. The Balaban J connectivity index is 1.99. The Hall–Kier alpha value is -2.32. The normalized spacial score (nSPS) is 17.5. The minimum Gasteiger partial charge on any atom is -0.370 e. The van der Waals surface area contributed by atoms with Gasteiger partial charge in [0.1, 0.15) is 0 Å². The predicted octanol–water partition coefficient (Wildman–Crippen LogP) is 6.45. The lowest BCUT2D eigenvalue weighted by molar-refractivity contribution is 0.387. The third-order valence-corrected chi connectivity index (χ3v) is 5.92. The van der Waals surface area contributed by atoms with Crippen LogP contribution in [0.2, 0.25) is 0 Å².